The number of nitrogens with two attached hydrogens (primary N) is 1. The van der Waals surface area contributed by atoms with Gasteiger partial charge in [-0.1, -0.05) is 12.1 Å². The van der Waals surface area contributed by atoms with Crippen LogP contribution in [0.5, 0.6) is 0 Å². The van der Waals surface area contributed by atoms with Gasteiger partial charge in [0.05, 0.1) is 5.75 Å². The lowest BCUT2D eigenvalue weighted by Gasteiger charge is -2.16. The average Bonchev–Trinajstić information content (AvgIpc) is 2.27. The van der Waals surface area contributed by atoms with Crippen molar-refractivity contribution in [1.29, 1.82) is 0 Å². The lowest BCUT2D eigenvalue weighted by atomic mass is 10.1. The van der Waals surface area contributed by atoms with E-state index in [1.54, 1.807) is 12.1 Å². The summed E-state index contributed by atoms with van der Waals surface area (Å²) >= 11 is 0. The number of likely N-dealkylation sites (N-methyl/N-ethyl adjacent to an activating group) is 1. The summed E-state index contributed by atoms with van der Waals surface area (Å²) in [6, 6.07) is 6.03. The van der Waals surface area contributed by atoms with Gasteiger partial charge >= 0.3 is 0 Å². The number of nitrogens with zero attached hydrogens (tertiary/aromatic N) is 1. The molecule has 17 heavy (non-hydrogen) atoms. The quantitative estimate of drug-likeness (QED) is 0.814. The van der Waals surface area contributed by atoms with Crippen molar-refractivity contribution in [3.05, 3.63) is 35.6 Å². The van der Waals surface area contributed by atoms with Crippen LogP contribution in [0.2, 0.25) is 0 Å². The second kappa shape index (κ2) is 6.09. The van der Waals surface area contributed by atoms with Gasteiger partial charge in [0.2, 0.25) is 10.0 Å². The maximum atomic E-state index is 12.7. The first-order chi connectivity index (χ1) is 7.95. The van der Waals surface area contributed by atoms with E-state index in [0.29, 0.717) is 13.0 Å². The smallest absolute Gasteiger partial charge is 0.215 e. The maximum absolute atomic E-state index is 12.7. The summed E-state index contributed by atoms with van der Waals surface area (Å²) in [7, 11) is -1.73. The monoisotopic (exact) mass is 260 g/mol. The lowest BCUT2D eigenvalue weighted by Crippen LogP contribution is -2.33. The molecule has 0 aliphatic carbocycles. The number of hydrogen-bond acceptors (Lipinski definition) is 3. The third-order valence-corrected chi connectivity index (χ3v) is 4.36. The molecule has 0 aromatic heterocycles. The Morgan fingerprint density at radius 2 is 1.88 bits per heavy atom. The summed E-state index contributed by atoms with van der Waals surface area (Å²) in [6.07, 6.45) is 0.556. The Morgan fingerprint density at radius 3 is 2.41 bits per heavy atom. The van der Waals surface area contributed by atoms with E-state index in [4.69, 9.17) is 5.73 Å². The van der Waals surface area contributed by atoms with E-state index in [1.165, 1.54) is 23.5 Å². The highest BCUT2D eigenvalue weighted by Crippen LogP contribution is 2.06. The Kier molecular flexibility index (Phi) is 5.04. The van der Waals surface area contributed by atoms with Crippen LogP contribution in [0.25, 0.3) is 0 Å². The van der Waals surface area contributed by atoms with Gasteiger partial charge in [-0.05, 0) is 24.1 Å². The average molecular weight is 260 g/mol. The molecule has 0 bridgehead atoms. The van der Waals surface area contributed by atoms with Crippen LogP contribution in [0, 0.1) is 5.82 Å². The minimum Gasteiger partial charge on any atom is -0.329 e. The van der Waals surface area contributed by atoms with Gasteiger partial charge in [0.1, 0.15) is 5.82 Å². The summed E-state index contributed by atoms with van der Waals surface area (Å²) in [5.74, 6) is -0.342. The van der Waals surface area contributed by atoms with Crippen molar-refractivity contribution in [2.75, 3.05) is 25.9 Å². The fourth-order valence-electron chi connectivity index (χ4n) is 1.38. The topological polar surface area (TPSA) is 63.4 Å². The van der Waals surface area contributed by atoms with Gasteiger partial charge in [-0.3, -0.25) is 0 Å². The molecule has 0 fully saturated rings. The first-order valence-corrected chi connectivity index (χ1v) is 6.95. The fraction of sp³-hybridized carbons (Fsp3) is 0.455. The highest BCUT2D eigenvalue weighted by molar-refractivity contribution is 7.89. The van der Waals surface area contributed by atoms with Crippen LogP contribution in [-0.2, 0) is 16.4 Å². The van der Waals surface area contributed by atoms with E-state index in [0.717, 1.165) is 5.56 Å². The highest BCUT2D eigenvalue weighted by atomic mass is 32.2. The fourth-order valence-corrected chi connectivity index (χ4v) is 2.36. The third-order valence-electron chi connectivity index (χ3n) is 2.48. The van der Waals surface area contributed by atoms with Crippen LogP contribution in [0.3, 0.4) is 0 Å². The molecule has 0 atom stereocenters. The normalized spacial score (nSPS) is 12.0. The van der Waals surface area contributed by atoms with E-state index in [1.807, 2.05) is 0 Å². The molecule has 0 radical (unpaired) electrons. The second-order valence-corrected chi connectivity index (χ2v) is 6.00. The van der Waals surface area contributed by atoms with Gasteiger partial charge in [-0.25, -0.2) is 17.1 Å². The molecule has 0 heterocycles. The van der Waals surface area contributed by atoms with Crippen LogP contribution in [0.15, 0.2) is 24.3 Å². The Hall–Kier alpha value is -0.980. The molecule has 0 saturated heterocycles. The van der Waals surface area contributed by atoms with E-state index >= 15 is 0 Å². The molecule has 0 spiro atoms. The Labute approximate surface area is 101 Å². The van der Waals surface area contributed by atoms with Crippen molar-refractivity contribution in [3.8, 4) is 0 Å². The van der Waals surface area contributed by atoms with Gasteiger partial charge in [0, 0.05) is 20.1 Å². The summed E-state index contributed by atoms with van der Waals surface area (Å²) in [5, 5.41) is 0. The zero-order valence-electron chi connectivity index (χ0n) is 9.77. The number of rotatable bonds is 6. The van der Waals surface area contributed by atoms with Crippen LogP contribution in [0.1, 0.15) is 5.56 Å². The zero-order valence-corrected chi connectivity index (χ0v) is 10.6. The minimum atomic E-state index is -3.25. The van der Waals surface area contributed by atoms with Crippen molar-refractivity contribution >= 4 is 10.0 Å². The number of hydrogen-bond donors (Lipinski definition) is 1. The van der Waals surface area contributed by atoms with Crippen LogP contribution in [0.4, 0.5) is 4.39 Å². The number of sulfonamides is 1. The molecule has 0 amide bonds. The summed E-state index contributed by atoms with van der Waals surface area (Å²) in [5.41, 5.74) is 6.13. The third kappa shape index (κ3) is 4.41. The summed E-state index contributed by atoms with van der Waals surface area (Å²) in [4.78, 5) is 0. The van der Waals surface area contributed by atoms with Gasteiger partial charge in [0.25, 0.3) is 0 Å². The predicted octanol–water partition coefficient (Wildman–Crippen LogP) is 0.589. The van der Waals surface area contributed by atoms with Gasteiger partial charge in [0.15, 0.2) is 0 Å². The summed E-state index contributed by atoms with van der Waals surface area (Å²) < 4.78 is 37.1. The molecule has 2 N–H and O–H groups in total. The van der Waals surface area contributed by atoms with Gasteiger partial charge in [-0.2, -0.15) is 0 Å². The second-order valence-electron chi connectivity index (χ2n) is 3.80. The highest BCUT2D eigenvalue weighted by Gasteiger charge is 2.15. The Balaban J connectivity index is 2.53. The van der Waals surface area contributed by atoms with Crippen molar-refractivity contribution in [3.63, 3.8) is 0 Å². The molecule has 0 aliphatic rings. The SMILES string of the molecule is CN(CCc1ccc(F)cc1)S(=O)(=O)CCN. The molecule has 96 valence electrons. The standard InChI is InChI=1S/C11H17FN2O2S/c1-14(17(15,16)9-7-13)8-6-10-2-4-11(12)5-3-10/h2-5H,6-9,13H2,1H3. The van der Waals surface area contributed by atoms with E-state index in [-0.39, 0.29) is 18.1 Å². The molecular formula is C11H17FN2O2S. The van der Waals surface area contributed by atoms with Crippen LogP contribution < -0.4 is 5.73 Å². The molecule has 1 aromatic rings. The van der Waals surface area contributed by atoms with Gasteiger partial charge in [-0.15, -0.1) is 0 Å². The van der Waals surface area contributed by atoms with E-state index < -0.39 is 10.0 Å². The number of halogens is 1. The largest absolute Gasteiger partial charge is 0.329 e. The number of benzene rings is 1. The molecule has 6 heteroatoms. The molecule has 4 nitrogen and oxygen atoms in total. The lowest BCUT2D eigenvalue weighted by molar-refractivity contribution is 0.472. The molecule has 1 rings (SSSR count). The van der Waals surface area contributed by atoms with Crippen molar-refractivity contribution in [1.82, 2.24) is 4.31 Å². The maximum Gasteiger partial charge on any atom is 0.215 e. The Morgan fingerprint density at radius 1 is 1.29 bits per heavy atom. The van der Waals surface area contributed by atoms with Crippen LogP contribution >= 0.6 is 0 Å². The van der Waals surface area contributed by atoms with E-state index in [9.17, 15) is 12.8 Å². The predicted molar refractivity (Wildman–Crippen MR) is 65.6 cm³/mol. The van der Waals surface area contributed by atoms with Crippen molar-refractivity contribution < 1.29 is 12.8 Å². The van der Waals surface area contributed by atoms with Crippen molar-refractivity contribution in [2.24, 2.45) is 5.73 Å². The van der Waals surface area contributed by atoms with Crippen LogP contribution in [-0.4, -0.2) is 38.6 Å². The first kappa shape index (κ1) is 14.1. The molecular weight excluding hydrogens is 243 g/mol. The Bertz CT molecular complexity index is 445. The summed E-state index contributed by atoms with van der Waals surface area (Å²) in [6.45, 7) is 0.483. The zero-order chi connectivity index (χ0) is 12.9. The molecule has 0 aliphatic heterocycles. The van der Waals surface area contributed by atoms with Crippen molar-refractivity contribution in [2.45, 2.75) is 6.42 Å². The first-order valence-electron chi connectivity index (χ1n) is 5.34. The van der Waals surface area contributed by atoms with E-state index in [2.05, 4.69) is 0 Å². The van der Waals surface area contributed by atoms with Gasteiger partial charge < -0.3 is 5.73 Å². The molecule has 1 aromatic carbocycles. The molecule has 0 unspecified atom stereocenters. The molecule has 0 saturated carbocycles. The minimum absolute atomic E-state index is 0.0487.